The molecule has 6 heteroatoms. The normalized spacial score (nSPS) is 17.6. The molecule has 0 unspecified atom stereocenters. The van der Waals surface area contributed by atoms with Crippen molar-refractivity contribution >= 4 is 28.9 Å². The maximum Gasteiger partial charge on any atom is 0.161 e. The van der Waals surface area contributed by atoms with Gasteiger partial charge in [0.1, 0.15) is 13.2 Å². The van der Waals surface area contributed by atoms with Gasteiger partial charge in [0.25, 0.3) is 0 Å². The van der Waals surface area contributed by atoms with Crippen LogP contribution in [-0.4, -0.2) is 44.3 Å². The minimum absolute atomic E-state index is 0.609. The molecule has 1 saturated heterocycles. The summed E-state index contributed by atoms with van der Waals surface area (Å²) in [6.45, 7) is 5.99. The first-order valence-corrected chi connectivity index (χ1v) is 9.26. The average Bonchev–Trinajstić information content (AvgIpc) is 2.65. The summed E-state index contributed by atoms with van der Waals surface area (Å²) in [7, 11) is 0. The van der Waals surface area contributed by atoms with E-state index < -0.39 is 0 Å². The lowest BCUT2D eigenvalue weighted by atomic mass is 10.1. The number of anilines is 1. The molecule has 0 radical (unpaired) electrons. The Balaban J connectivity index is 1.38. The van der Waals surface area contributed by atoms with Crippen LogP contribution in [0.5, 0.6) is 11.5 Å². The Kier molecular flexibility index (Phi) is 4.93. The first-order chi connectivity index (χ1) is 12.2. The predicted molar refractivity (Wildman–Crippen MR) is 101 cm³/mol. The molecule has 1 fully saturated rings. The summed E-state index contributed by atoms with van der Waals surface area (Å²) in [5.74, 6) is 1.70. The van der Waals surface area contributed by atoms with Crippen LogP contribution < -0.4 is 14.4 Å². The first-order valence-electron chi connectivity index (χ1n) is 8.50. The fourth-order valence-electron chi connectivity index (χ4n) is 3.33. The molecule has 0 aliphatic carbocycles. The quantitative estimate of drug-likeness (QED) is 0.802. The van der Waals surface area contributed by atoms with Crippen molar-refractivity contribution in [2.45, 2.75) is 6.54 Å². The van der Waals surface area contributed by atoms with Crippen molar-refractivity contribution in [2.24, 2.45) is 0 Å². The zero-order valence-electron chi connectivity index (χ0n) is 13.9. The fourth-order valence-corrected chi connectivity index (χ4v) is 3.74. The highest BCUT2D eigenvalue weighted by Crippen LogP contribution is 2.33. The highest BCUT2D eigenvalue weighted by Gasteiger charge is 2.20. The van der Waals surface area contributed by atoms with Gasteiger partial charge in [-0.05, 0) is 29.8 Å². The monoisotopic (exact) mass is 378 g/mol. The van der Waals surface area contributed by atoms with E-state index in [0.29, 0.717) is 23.3 Å². The number of rotatable bonds is 3. The van der Waals surface area contributed by atoms with Crippen molar-refractivity contribution in [2.75, 3.05) is 44.3 Å². The highest BCUT2D eigenvalue weighted by molar-refractivity contribution is 6.43. The van der Waals surface area contributed by atoms with Crippen molar-refractivity contribution in [3.05, 3.63) is 52.0 Å². The van der Waals surface area contributed by atoms with Gasteiger partial charge in [-0.15, -0.1) is 0 Å². The van der Waals surface area contributed by atoms with E-state index in [1.165, 1.54) is 5.56 Å². The van der Waals surface area contributed by atoms with Crippen LogP contribution in [-0.2, 0) is 6.54 Å². The van der Waals surface area contributed by atoms with E-state index in [1.807, 2.05) is 24.3 Å². The van der Waals surface area contributed by atoms with Gasteiger partial charge in [-0.1, -0.05) is 35.3 Å². The Labute approximate surface area is 157 Å². The van der Waals surface area contributed by atoms with Crippen LogP contribution in [0, 0.1) is 0 Å². The van der Waals surface area contributed by atoms with Gasteiger partial charge in [-0.3, -0.25) is 4.90 Å². The van der Waals surface area contributed by atoms with Crippen LogP contribution in [0.2, 0.25) is 10.0 Å². The number of hydrogen-bond donors (Lipinski definition) is 0. The SMILES string of the molecule is Clc1cccc(N2CCN(Cc3ccc4c(c3)OCCO4)CC2)c1Cl. The number of halogens is 2. The Morgan fingerprint density at radius 2 is 1.64 bits per heavy atom. The average molecular weight is 379 g/mol. The summed E-state index contributed by atoms with van der Waals surface area (Å²) in [5, 5.41) is 1.25. The van der Waals surface area contributed by atoms with E-state index in [1.54, 1.807) is 0 Å². The summed E-state index contributed by atoms with van der Waals surface area (Å²) < 4.78 is 11.3. The van der Waals surface area contributed by atoms with Crippen molar-refractivity contribution in [3.63, 3.8) is 0 Å². The Morgan fingerprint density at radius 1 is 0.880 bits per heavy atom. The zero-order valence-corrected chi connectivity index (χ0v) is 15.4. The zero-order chi connectivity index (χ0) is 17.2. The van der Waals surface area contributed by atoms with Crippen LogP contribution in [0.25, 0.3) is 0 Å². The minimum Gasteiger partial charge on any atom is -0.486 e. The van der Waals surface area contributed by atoms with Gasteiger partial charge in [-0.25, -0.2) is 0 Å². The number of ether oxygens (including phenoxy) is 2. The molecule has 0 N–H and O–H groups in total. The molecule has 2 aromatic rings. The molecule has 2 heterocycles. The summed E-state index contributed by atoms with van der Waals surface area (Å²) in [6, 6.07) is 12.0. The second-order valence-corrected chi connectivity index (χ2v) is 7.10. The molecule has 0 saturated carbocycles. The molecule has 0 aromatic heterocycles. The fraction of sp³-hybridized carbons (Fsp3) is 0.368. The molecule has 2 aromatic carbocycles. The lowest BCUT2D eigenvalue weighted by Crippen LogP contribution is -2.46. The van der Waals surface area contributed by atoms with Crippen LogP contribution >= 0.6 is 23.2 Å². The van der Waals surface area contributed by atoms with Crippen molar-refractivity contribution in [3.8, 4) is 11.5 Å². The molecule has 0 spiro atoms. The van der Waals surface area contributed by atoms with Crippen LogP contribution in [0.15, 0.2) is 36.4 Å². The minimum atomic E-state index is 0.609. The van der Waals surface area contributed by atoms with Crippen LogP contribution in [0.4, 0.5) is 5.69 Å². The van der Waals surface area contributed by atoms with Gasteiger partial charge in [0.05, 0.1) is 15.7 Å². The molecule has 4 nitrogen and oxygen atoms in total. The topological polar surface area (TPSA) is 24.9 Å². The van der Waals surface area contributed by atoms with E-state index in [4.69, 9.17) is 32.7 Å². The number of fused-ring (bicyclic) bond motifs is 1. The van der Waals surface area contributed by atoms with Gasteiger partial charge in [-0.2, -0.15) is 0 Å². The molecule has 2 aliphatic rings. The summed E-state index contributed by atoms with van der Waals surface area (Å²) in [5.41, 5.74) is 2.27. The van der Waals surface area contributed by atoms with Gasteiger partial charge >= 0.3 is 0 Å². The molecular formula is C19H20Cl2N2O2. The third-order valence-electron chi connectivity index (χ3n) is 4.66. The lowest BCUT2D eigenvalue weighted by molar-refractivity contribution is 0.171. The Bertz CT molecular complexity index is 761. The van der Waals surface area contributed by atoms with E-state index in [9.17, 15) is 0 Å². The number of nitrogens with zero attached hydrogens (tertiary/aromatic N) is 2. The second-order valence-electron chi connectivity index (χ2n) is 6.31. The standard InChI is InChI=1S/C19H20Cl2N2O2/c20-15-2-1-3-16(19(15)21)23-8-6-22(7-9-23)13-14-4-5-17-18(12-14)25-11-10-24-17/h1-5,12H,6-11,13H2. The van der Waals surface area contributed by atoms with E-state index >= 15 is 0 Å². The third kappa shape index (κ3) is 3.66. The van der Waals surface area contributed by atoms with Crippen molar-refractivity contribution in [1.29, 1.82) is 0 Å². The second kappa shape index (κ2) is 7.32. The van der Waals surface area contributed by atoms with Gasteiger partial charge in [0, 0.05) is 32.7 Å². The molecular weight excluding hydrogens is 359 g/mol. The van der Waals surface area contributed by atoms with Crippen molar-refractivity contribution in [1.82, 2.24) is 4.90 Å². The van der Waals surface area contributed by atoms with E-state index in [-0.39, 0.29) is 0 Å². The van der Waals surface area contributed by atoms with E-state index in [0.717, 1.165) is 49.9 Å². The van der Waals surface area contributed by atoms with Crippen LogP contribution in [0.3, 0.4) is 0 Å². The number of piperazine rings is 1. The summed E-state index contributed by atoms with van der Waals surface area (Å²) >= 11 is 12.5. The molecule has 4 rings (SSSR count). The Morgan fingerprint density at radius 3 is 2.44 bits per heavy atom. The molecule has 25 heavy (non-hydrogen) atoms. The maximum absolute atomic E-state index is 6.35. The number of hydrogen-bond acceptors (Lipinski definition) is 4. The largest absolute Gasteiger partial charge is 0.486 e. The summed E-state index contributed by atoms with van der Waals surface area (Å²) in [4.78, 5) is 4.74. The van der Waals surface area contributed by atoms with Crippen molar-refractivity contribution < 1.29 is 9.47 Å². The molecule has 132 valence electrons. The molecule has 0 bridgehead atoms. The smallest absolute Gasteiger partial charge is 0.161 e. The van der Waals surface area contributed by atoms with Gasteiger partial charge in [0.2, 0.25) is 0 Å². The Hall–Kier alpha value is -1.62. The first kappa shape index (κ1) is 16.8. The molecule has 2 aliphatic heterocycles. The number of benzene rings is 2. The third-order valence-corrected chi connectivity index (χ3v) is 5.47. The van der Waals surface area contributed by atoms with Crippen LogP contribution in [0.1, 0.15) is 5.56 Å². The highest BCUT2D eigenvalue weighted by atomic mass is 35.5. The summed E-state index contributed by atoms with van der Waals surface area (Å²) in [6.07, 6.45) is 0. The molecule has 0 atom stereocenters. The van der Waals surface area contributed by atoms with Gasteiger partial charge < -0.3 is 14.4 Å². The lowest BCUT2D eigenvalue weighted by Gasteiger charge is -2.36. The predicted octanol–water partition coefficient (Wildman–Crippen LogP) is 4.09. The van der Waals surface area contributed by atoms with Gasteiger partial charge in [0.15, 0.2) is 11.5 Å². The maximum atomic E-state index is 6.35. The molecule has 0 amide bonds. The van der Waals surface area contributed by atoms with E-state index in [2.05, 4.69) is 21.9 Å².